The Kier molecular flexibility index (Phi) is 17.7. The Morgan fingerprint density at radius 3 is 1.25 bits per heavy atom. The van der Waals surface area contributed by atoms with E-state index in [1.165, 1.54) is 19.2 Å². The van der Waals surface area contributed by atoms with Gasteiger partial charge in [-0.15, -0.1) is 0 Å². The van der Waals surface area contributed by atoms with Crippen LogP contribution in [0.3, 0.4) is 0 Å². The molecule has 0 saturated heterocycles. The number of methoxy groups -OCH3 is 1. The van der Waals surface area contributed by atoms with Gasteiger partial charge in [0.25, 0.3) is 0 Å². The van der Waals surface area contributed by atoms with Gasteiger partial charge < -0.3 is 19.0 Å². The van der Waals surface area contributed by atoms with Gasteiger partial charge >= 0.3 is 44.6 Å². The average molecular weight is 820 g/mol. The van der Waals surface area contributed by atoms with Crippen LogP contribution < -0.4 is 21.2 Å². The number of esters is 1. The van der Waals surface area contributed by atoms with E-state index in [9.17, 15) is 13.9 Å². The van der Waals surface area contributed by atoms with Gasteiger partial charge in [0.05, 0.1) is 7.11 Å². The van der Waals surface area contributed by atoms with Crippen molar-refractivity contribution in [2.75, 3.05) is 7.11 Å². The number of rotatable bonds is 9. The first kappa shape index (κ1) is 40.3. The van der Waals surface area contributed by atoms with E-state index in [1.807, 2.05) is 121 Å². The van der Waals surface area contributed by atoms with Gasteiger partial charge in [0.1, 0.15) is 11.3 Å². The number of ether oxygens (including phenoxy) is 1. The Hall–Kier alpha value is -3.92. The zero-order valence-corrected chi connectivity index (χ0v) is 30.5. The van der Waals surface area contributed by atoms with Gasteiger partial charge in [-0.05, 0) is 23.8 Å². The van der Waals surface area contributed by atoms with Crippen molar-refractivity contribution in [3.63, 3.8) is 0 Å². The first-order chi connectivity index (χ1) is 22.8. The van der Waals surface area contributed by atoms with Crippen molar-refractivity contribution < 1.29 is 62.4 Å². The second-order valence-electron chi connectivity index (χ2n) is 9.82. The smallest absolute Gasteiger partial charge is 0.507 e. The second-order valence-corrected chi connectivity index (χ2v) is 15.1. The summed E-state index contributed by atoms with van der Waals surface area (Å²) in [5, 5.41) is 12.5. The van der Waals surface area contributed by atoms with Crippen molar-refractivity contribution in [2.24, 2.45) is 0 Å². The number of carbonyl (C=O) groups is 1. The number of aromatic hydroxyl groups is 1. The Labute approximate surface area is 314 Å². The first-order valence-corrected chi connectivity index (χ1v) is 18.2. The summed E-state index contributed by atoms with van der Waals surface area (Å²) >= 11 is 0. The largest absolute Gasteiger partial charge is 3.00 e. The van der Waals surface area contributed by atoms with E-state index in [0.717, 1.165) is 21.2 Å². The van der Waals surface area contributed by atoms with E-state index in [1.54, 1.807) is 48.1 Å². The maximum Gasteiger partial charge on any atom is 3.00 e. The van der Waals surface area contributed by atoms with E-state index < -0.39 is 20.3 Å². The van der Waals surface area contributed by atoms with E-state index in [2.05, 4.69) is 17.9 Å². The second kappa shape index (κ2) is 21.1. The molecule has 1 N–H and O–H groups in total. The third kappa shape index (κ3) is 11.4. The number of benzene rings is 5. The molecule has 0 saturated carbocycles. The first-order valence-electron chi connectivity index (χ1n) is 14.7. The molecule has 0 radical (unpaired) electrons. The zero-order chi connectivity index (χ0) is 34.0. The maximum absolute atomic E-state index is 13.8. The van der Waals surface area contributed by atoms with Gasteiger partial charge in [-0.25, -0.2) is 4.79 Å². The van der Waals surface area contributed by atoms with E-state index in [0.29, 0.717) is 0 Å². The van der Waals surface area contributed by atoms with Gasteiger partial charge in [0.15, 0.2) is 14.3 Å². The monoisotopic (exact) mass is 819 g/mol. The molecule has 0 heterocycles. The number of carbonyl (C=O) groups excluding carboxylic acids is 1. The third-order valence-corrected chi connectivity index (χ3v) is 12.1. The van der Waals surface area contributed by atoms with Gasteiger partial charge in [-0.2, -0.15) is 0 Å². The van der Waals surface area contributed by atoms with E-state index in [4.69, 9.17) is 5.11 Å². The molecule has 244 valence electrons. The number of para-hydroxylation sites is 1. The van der Waals surface area contributed by atoms with Crippen LogP contribution >= 0.6 is 14.3 Å². The van der Waals surface area contributed by atoms with Crippen LogP contribution in [-0.4, -0.2) is 18.2 Å². The zero-order valence-electron chi connectivity index (χ0n) is 26.5. The fourth-order valence-corrected chi connectivity index (χ4v) is 8.88. The van der Waals surface area contributed by atoms with Crippen molar-refractivity contribution in [2.45, 2.75) is 0 Å². The number of phenolic OH excluding ortho intramolecular Hbond substituents is 1. The summed E-state index contributed by atoms with van der Waals surface area (Å²) in [6, 6.07) is 44.8. The molecule has 0 unspecified atom stereocenters. The molecular formula is C40H38O5P2Tb+3. The topological polar surface area (TPSA) is 80.7 Å². The van der Waals surface area contributed by atoms with Gasteiger partial charge in [-0.3, -0.25) is 0 Å². The Balaban J connectivity index is 0.000000259. The van der Waals surface area contributed by atoms with Crippen LogP contribution in [0.5, 0.6) is 5.75 Å². The molecule has 5 aromatic rings. The Bertz CT molecular complexity index is 1750. The van der Waals surface area contributed by atoms with Crippen LogP contribution in [0.25, 0.3) is 0 Å². The summed E-state index contributed by atoms with van der Waals surface area (Å²) in [6.45, 7) is 7.17. The van der Waals surface area contributed by atoms with E-state index in [-0.39, 0.29) is 49.9 Å². The van der Waals surface area contributed by atoms with Crippen molar-refractivity contribution in [3.8, 4) is 5.75 Å². The standard InChI is InChI=1S/C18H15OP.C14H15OP.C8H8O3.Tb/c19-20(16-10-4-1-5-11-16,17-12-6-2-7-13-17)18-14-8-3-9-15-18;1-3-5-12-16(15,13-6-4-2)14-10-8-7-9-11-14;1-11-8(10)6-4-2-3-5-7(6)9;/h1-15H;3-13H,1-2H2;2-5,9H,1H3;/q;;;+3/b;12-5+,13-6+;;. The molecule has 5 rings (SSSR count). The third-order valence-electron chi connectivity index (χ3n) is 6.72. The summed E-state index contributed by atoms with van der Waals surface area (Å²) < 4.78 is 30.9. The van der Waals surface area contributed by atoms with E-state index >= 15 is 0 Å². The summed E-state index contributed by atoms with van der Waals surface area (Å²) in [5.41, 5.74) is 0.190. The molecule has 0 aliphatic rings. The molecule has 0 spiro atoms. The van der Waals surface area contributed by atoms with Gasteiger partial charge in [-0.1, -0.05) is 171 Å². The molecule has 0 fully saturated rings. The molecule has 0 amide bonds. The SMILES string of the molecule is C=C/C=C/P(=O)(/C=C/C=C)c1ccccc1.COC(=O)c1ccccc1O.O=P(c1ccccc1)(c1ccccc1)c1ccccc1.[Tb+3]. The summed E-state index contributed by atoms with van der Waals surface area (Å²) in [4.78, 5) is 10.9. The molecule has 8 heteroatoms. The molecule has 5 nitrogen and oxygen atoms in total. The number of hydrogen-bond acceptors (Lipinski definition) is 5. The fraction of sp³-hybridized carbons (Fsp3) is 0.0250. The van der Waals surface area contributed by atoms with Crippen LogP contribution in [0, 0.1) is 38.6 Å². The van der Waals surface area contributed by atoms with Crippen molar-refractivity contribution in [1.82, 2.24) is 0 Å². The summed E-state index contributed by atoms with van der Waals surface area (Å²) in [6.07, 6.45) is 6.66. The Morgan fingerprint density at radius 1 is 0.583 bits per heavy atom. The van der Waals surface area contributed by atoms with Gasteiger partial charge in [0.2, 0.25) is 0 Å². The predicted octanol–water partition coefficient (Wildman–Crippen LogP) is 8.58. The van der Waals surface area contributed by atoms with Crippen LogP contribution in [0.15, 0.2) is 195 Å². The van der Waals surface area contributed by atoms with Crippen LogP contribution in [0.4, 0.5) is 0 Å². The summed E-state index contributed by atoms with van der Waals surface area (Å²) in [5.74, 6) is 2.80. The maximum atomic E-state index is 13.8. The fourth-order valence-electron chi connectivity index (χ4n) is 4.38. The van der Waals surface area contributed by atoms with Crippen molar-refractivity contribution >= 4 is 41.5 Å². The van der Waals surface area contributed by atoms with Crippen LogP contribution in [0.2, 0.25) is 0 Å². The predicted molar refractivity (Wildman–Crippen MR) is 198 cm³/mol. The number of allylic oxidation sites excluding steroid dienone is 4. The van der Waals surface area contributed by atoms with Crippen LogP contribution in [-0.2, 0) is 13.9 Å². The molecule has 0 aromatic heterocycles. The minimum absolute atomic E-state index is 0. The molecule has 5 aromatic carbocycles. The molecule has 48 heavy (non-hydrogen) atoms. The number of hydrogen-bond donors (Lipinski definition) is 1. The minimum atomic E-state index is -2.78. The Morgan fingerprint density at radius 2 is 0.917 bits per heavy atom. The quantitative estimate of drug-likeness (QED) is 0.0917. The molecular weight excluding hydrogens is 781 g/mol. The number of phenols is 1. The minimum Gasteiger partial charge on any atom is -0.507 e. The van der Waals surface area contributed by atoms with Crippen LogP contribution in [0.1, 0.15) is 10.4 Å². The van der Waals surface area contributed by atoms with Crippen molar-refractivity contribution in [1.29, 1.82) is 0 Å². The van der Waals surface area contributed by atoms with Gasteiger partial charge in [0, 0.05) is 21.2 Å². The molecule has 0 aliphatic heterocycles. The normalized spacial score (nSPS) is 10.8. The molecule has 0 atom stereocenters. The molecule has 0 bridgehead atoms. The average Bonchev–Trinajstić information content (AvgIpc) is 3.14. The molecule has 0 aliphatic carbocycles. The summed E-state index contributed by atoms with van der Waals surface area (Å²) in [7, 11) is -4.11. The van der Waals surface area contributed by atoms with Crippen molar-refractivity contribution in [3.05, 3.63) is 200 Å².